The second-order valence-corrected chi connectivity index (χ2v) is 10.6. The van der Waals surface area contributed by atoms with Gasteiger partial charge >= 0.3 is 0 Å². The van der Waals surface area contributed by atoms with E-state index in [1.54, 1.807) is 11.0 Å². The Bertz CT molecular complexity index is 1040. The van der Waals surface area contributed by atoms with Gasteiger partial charge in [0.1, 0.15) is 11.6 Å². The molecule has 3 aliphatic heterocycles. The van der Waals surface area contributed by atoms with E-state index < -0.39 is 29.6 Å². The number of nitrogens with one attached hydrogen (secondary N) is 2. The van der Waals surface area contributed by atoms with Crippen LogP contribution in [-0.2, 0) is 19.1 Å². The normalized spacial score (nSPS) is 31.6. The second kappa shape index (κ2) is 9.26. The minimum Gasteiger partial charge on any atom is -0.359 e. The van der Waals surface area contributed by atoms with Crippen LogP contribution in [0.5, 0.6) is 0 Å². The Kier molecular flexibility index (Phi) is 6.30. The van der Waals surface area contributed by atoms with Gasteiger partial charge in [0, 0.05) is 18.3 Å². The maximum absolute atomic E-state index is 13.7. The number of fused-ring (bicyclic) bond motifs is 1. The lowest BCUT2D eigenvalue weighted by atomic mass is 9.74. The van der Waals surface area contributed by atoms with Gasteiger partial charge in [-0.1, -0.05) is 63.5 Å². The molecular weight excluding hydrogens is 442 g/mol. The second-order valence-electron chi connectivity index (χ2n) is 10.6. The van der Waals surface area contributed by atoms with Gasteiger partial charge in [0.05, 0.1) is 17.9 Å². The summed E-state index contributed by atoms with van der Waals surface area (Å²) in [5.41, 5.74) is 0.735. The molecule has 2 saturated heterocycles. The van der Waals surface area contributed by atoms with Gasteiger partial charge in [0.2, 0.25) is 17.7 Å². The van der Waals surface area contributed by atoms with Crippen LogP contribution in [0.15, 0.2) is 49.1 Å². The van der Waals surface area contributed by atoms with Gasteiger partial charge in [0.15, 0.2) is 0 Å². The molecular formula is C28H35N3O4. The first-order valence-corrected chi connectivity index (χ1v) is 12.9. The molecule has 3 heterocycles. The Labute approximate surface area is 207 Å². The van der Waals surface area contributed by atoms with Crippen LogP contribution < -0.4 is 10.6 Å². The minimum atomic E-state index is -1.13. The molecule has 1 spiro atoms. The minimum absolute atomic E-state index is 0.114. The molecule has 1 aromatic carbocycles. The molecule has 3 unspecified atom stereocenters. The first-order valence-electron chi connectivity index (χ1n) is 12.9. The molecule has 35 heavy (non-hydrogen) atoms. The summed E-state index contributed by atoms with van der Waals surface area (Å²) in [4.78, 5) is 42.2. The first-order chi connectivity index (χ1) is 16.9. The Hall–Kier alpha value is -2.93. The van der Waals surface area contributed by atoms with E-state index in [1.165, 1.54) is 12.0 Å². The Morgan fingerprint density at radius 3 is 2.54 bits per heavy atom. The number of carbonyl (C=O) groups excluding carboxylic acids is 3. The summed E-state index contributed by atoms with van der Waals surface area (Å²) in [6, 6.07) is 7.06. The van der Waals surface area contributed by atoms with E-state index in [0.29, 0.717) is 11.6 Å². The highest BCUT2D eigenvalue weighted by Crippen LogP contribution is 2.55. The highest BCUT2D eigenvalue weighted by molar-refractivity contribution is 6.02. The Morgan fingerprint density at radius 2 is 1.89 bits per heavy atom. The summed E-state index contributed by atoms with van der Waals surface area (Å²) in [6.45, 7) is 8.25. The van der Waals surface area contributed by atoms with E-state index in [1.807, 2.05) is 36.4 Å². The third-order valence-electron chi connectivity index (χ3n) is 8.05. The van der Waals surface area contributed by atoms with Crippen molar-refractivity contribution in [2.45, 2.75) is 75.7 Å². The van der Waals surface area contributed by atoms with Crippen LogP contribution in [0.1, 0.15) is 57.4 Å². The smallest absolute Gasteiger partial charge is 0.246 e. The predicted molar refractivity (Wildman–Crippen MR) is 134 cm³/mol. The van der Waals surface area contributed by atoms with Crippen LogP contribution in [0.3, 0.4) is 0 Å². The molecule has 3 amide bonds. The fourth-order valence-electron chi connectivity index (χ4n) is 6.31. The Balaban J connectivity index is 1.39. The summed E-state index contributed by atoms with van der Waals surface area (Å²) in [6.07, 6.45) is 10.0. The molecule has 5 atom stereocenters. The van der Waals surface area contributed by atoms with Gasteiger partial charge in [0.25, 0.3) is 0 Å². The van der Waals surface area contributed by atoms with E-state index >= 15 is 0 Å². The summed E-state index contributed by atoms with van der Waals surface area (Å²) >= 11 is 0. The monoisotopic (exact) mass is 477 g/mol. The van der Waals surface area contributed by atoms with Gasteiger partial charge in [-0.3, -0.25) is 14.4 Å². The highest BCUT2D eigenvalue weighted by atomic mass is 16.5. The van der Waals surface area contributed by atoms with E-state index in [-0.39, 0.29) is 30.3 Å². The molecule has 2 bridgehead atoms. The number of hydrogen-bond acceptors (Lipinski definition) is 4. The molecule has 0 aromatic heterocycles. The number of amides is 3. The molecule has 7 nitrogen and oxygen atoms in total. The van der Waals surface area contributed by atoms with Crippen LogP contribution in [-0.4, -0.2) is 53.0 Å². The lowest BCUT2D eigenvalue weighted by Gasteiger charge is -2.33. The van der Waals surface area contributed by atoms with Crippen molar-refractivity contribution in [3.63, 3.8) is 0 Å². The molecule has 7 heteroatoms. The van der Waals surface area contributed by atoms with Crippen molar-refractivity contribution in [3.05, 3.63) is 54.6 Å². The van der Waals surface area contributed by atoms with Crippen LogP contribution in [0.2, 0.25) is 0 Å². The van der Waals surface area contributed by atoms with Crippen LogP contribution in [0, 0.1) is 11.8 Å². The van der Waals surface area contributed by atoms with Crippen molar-refractivity contribution in [3.8, 4) is 0 Å². The van der Waals surface area contributed by atoms with E-state index in [4.69, 9.17) is 4.74 Å². The molecule has 4 aliphatic rings. The largest absolute Gasteiger partial charge is 0.359 e. The third kappa shape index (κ3) is 3.99. The van der Waals surface area contributed by atoms with Crippen molar-refractivity contribution in [2.24, 2.45) is 11.8 Å². The van der Waals surface area contributed by atoms with Gasteiger partial charge < -0.3 is 20.3 Å². The number of rotatable bonds is 7. The predicted octanol–water partition coefficient (Wildman–Crippen LogP) is 3.53. The van der Waals surface area contributed by atoms with E-state index in [9.17, 15) is 14.4 Å². The van der Waals surface area contributed by atoms with Crippen LogP contribution in [0.25, 0.3) is 0 Å². The quantitative estimate of drug-likeness (QED) is 0.588. The average molecular weight is 478 g/mol. The summed E-state index contributed by atoms with van der Waals surface area (Å²) < 4.78 is 6.35. The number of hydrogen-bond donors (Lipinski definition) is 2. The van der Waals surface area contributed by atoms with Crippen molar-refractivity contribution in [1.29, 1.82) is 0 Å². The maximum atomic E-state index is 13.7. The Morgan fingerprint density at radius 1 is 1.17 bits per heavy atom. The van der Waals surface area contributed by atoms with Gasteiger partial charge in [-0.25, -0.2) is 0 Å². The lowest BCUT2D eigenvalue weighted by Crippen LogP contribution is -2.56. The third-order valence-corrected chi connectivity index (χ3v) is 8.05. The van der Waals surface area contributed by atoms with Crippen molar-refractivity contribution < 1.29 is 19.1 Å². The zero-order valence-corrected chi connectivity index (χ0v) is 20.5. The van der Waals surface area contributed by atoms with Crippen molar-refractivity contribution >= 4 is 23.4 Å². The van der Waals surface area contributed by atoms with Gasteiger partial charge in [-0.05, 0) is 36.5 Å². The van der Waals surface area contributed by atoms with Crippen molar-refractivity contribution in [1.82, 2.24) is 10.2 Å². The molecule has 2 N–H and O–H groups in total. The molecule has 3 fully saturated rings. The van der Waals surface area contributed by atoms with Crippen LogP contribution in [0.4, 0.5) is 5.69 Å². The molecule has 0 radical (unpaired) electrons. The topological polar surface area (TPSA) is 87.7 Å². The average Bonchev–Trinajstić information content (AvgIpc) is 3.48. The standard InChI is InChI=1S/C28H35N3O4/c1-4-16-31-24(26(33)30-19-8-6-5-7-9-19)28-15-14-21(35-28)22(23(28)27(31)34)25(32)29-20-12-10-18(11-13-20)17(2)3/h4,10-15,17,19,21-24H,1,5-9,16H2,2-3H3,(H,29,32)(H,30,33)/t21-,22?,23-,24?,28?/m0/s1. The molecule has 5 rings (SSSR count). The number of nitrogens with zero attached hydrogens (tertiary/aromatic N) is 1. The van der Waals surface area contributed by atoms with Crippen LogP contribution >= 0.6 is 0 Å². The van der Waals surface area contributed by atoms with Gasteiger partial charge in [-0.15, -0.1) is 6.58 Å². The zero-order chi connectivity index (χ0) is 24.7. The number of benzene rings is 1. The summed E-state index contributed by atoms with van der Waals surface area (Å²) in [7, 11) is 0. The van der Waals surface area contributed by atoms with E-state index in [0.717, 1.165) is 25.7 Å². The maximum Gasteiger partial charge on any atom is 0.246 e. The lowest BCUT2D eigenvalue weighted by molar-refractivity contribution is -0.140. The number of carbonyl (C=O) groups is 3. The fraction of sp³-hybridized carbons (Fsp3) is 0.536. The molecule has 1 aliphatic carbocycles. The van der Waals surface area contributed by atoms with Gasteiger partial charge in [-0.2, -0.15) is 0 Å². The van der Waals surface area contributed by atoms with Crippen molar-refractivity contribution in [2.75, 3.05) is 11.9 Å². The van der Waals surface area contributed by atoms with E-state index in [2.05, 4.69) is 31.1 Å². The zero-order valence-electron chi connectivity index (χ0n) is 20.5. The first kappa shape index (κ1) is 23.8. The SMILES string of the molecule is C=CCN1C(=O)[C@@H]2C(C(=O)Nc3ccc(C(C)C)cc3)[C@@H]3C=CC2(O3)C1C(=O)NC1CCCCC1. The highest BCUT2D eigenvalue weighted by Gasteiger charge is 2.72. The fourth-order valence-corrected chi connectivity index (χ4v) is 6.31. The number of anilines is 1. The molecule has 1 saturated carbocycles. The molecule has 186 valence electrons. The number of ether oxygens (including phenoxy) is 1. The number of likely N-dealkylation sites (tertiary alicyclic amines) is 1. The molecule has 1 aromatic rings. The summed E-state index contributed by atoms with van der Waals surface area (Å²) in [5, 5.41) is 6.15. The summed E-state index contributed by atoms with van der Waals surface area (Å²) in [5.74, 6) is -1.73.